The van der Waals surface area contributed by atoms with Crippen LogP contribution in [0.15, 0.2) is 42.5 Å². The van der Waals surface area contributed by atoms with Gasteiger partial charge in [0.2, 0.25) is 0 Å². The molecule has 0 radical (unpaired) electrons. The third-order valence-electron chi connectivity index (χ3n) is 5.31. The summed E-state index contributed by atoms with van der Waals surface area (Å²) in [5.74, 6) is 2.43. The fourth-order valence-electron chi connectivity index (χ4n) is 3.46. The summed E-state index contributed by atoms with van der Waals surface area (Å²) in [6.07, 6.45) is 5.03. The summed E-state index contributed by atoms with van der Waals surface area (Å²) < 4.78 is 5.63. The van der Waals surface area contributed by atoms with Crippen LogP contribution >= 0.6 is 0 Å². The van der Waals surface area contributed by atoms with E-state index in [4.69, 9.17) is 4.74 Å². The molecule has 0 atom stereocenters. The Balaban J connectivity index is 1.81. The molecule has 0 unspecified atom stereocenters. The van der Waals surface area contributed by atoms with Gasteiger partial charge in [-0.1, -0.05) is 45.9 Å². The van der Waals surface area contributed by atoms with Crippen LogP contribution in [0.3, 0.4) is 0 Å². The second kappa shape index (κ2) is 6.53. The van der Waals surface area contributed by atoms with E-state index in [0.717, 1.165) is 12.2 Å². The zero-order chi connectivity index (χ0) is 18.9. The molecule has 0 fully saturated rings. The van der Waals surface area contributed by atoms with Gasteiger partial charge >= 0.3 is 0 Å². The lowest BCUT2D eigenvalue weighted by atomic mass is 9.63. The first-order chi connectivity index (χ1) is 12.2. The predicted molar refractivity (Wildman–Crippen MR) is 100 cm³/mol. The Hall–Kier alpha value is -2.73. The molecule has 0 heterocycles. The van der Waals surface area contributed by atoms with Crippen molar-refractivity contribution >= 4 is 5.97 Å². The lowest BCUT2D eigenvalue weighted by Crippen LogP contribution is -2.33. The quantitative estimate of drug-likeness (QED) is 0.777. The molecular formula is C23H23O3-. The highest BCUT2D eigenvalue weighted by atomic mass is 16.5. The van der Waals surface area contributed by atoms with Crippen molar-refractivity contribution in [3.05, 3.63) is 64.7 Å². The van der Waals surface area contributed by atoms with Gasteiger partial charge in [-0.15, -0.1) is 0 Å². The minimum atomic E-state index is -1.19. The minimum Gasteiger partial charge on any atom is -0.545 e. The molecule has 26 heavy (non-hydrogen) atoms. The number of carbonyl (C=O) groups excluding carboxylic acids is 1. The summed E-state index contributed by atoms with van der Waals surface area (Å²) >= 11 is 0. The van der Waals surface area contributed by atoms with E-state index in [0.29, 0.717) is 5.56 Å². The average Bonchev–Trinajstić information content (AvgIpc) is 2.59. The normalized spacial score (nSPS) is 16.8. The van der Waals surface area contributed by atoms with Crippen LogP contribution < -0.4 is 9.84 Å². The van der Waals surface area contributed by atoms with Crippen molar-refractivity contribution in [2.75, 3.05) is 0 Å². The molecule has 3 rings (SSSR count). The van der Waals surface area contributed by atoms with Gasteiger partial charge in [-0.25, -0.2) is 0 Å². The smallest absolute Gasteiger partial charge is 0.140 e. The Labute approximate surface area is 155 Å². The number of hydrogen-bond acceptors (Lipinski definition) is 3. The van der Waals surface area contributed by atoms with E-state index in [1.807, 2.05) is 6.07 Å². The summed E-state index contributed by atoms with van der Waals surface area (Å²) in [4.78, 5) is 10.8. The van der Waals surface area contributed by atoms with E-state index in [1.165, 1.54) is 29.7 Å². The number of fused-ring (bicyclic) bond motifs is 1. The Kier molecular flexibility index (Phi) is 4.54. The molecule has 0 amide bonds. The fourth-order valence-corrected chi connectivity index (χ4v) is 3.46. The molecule has 0 saturated carbocycles. The Morgan fingerprint density at radius 1 is 0.962 bits per heavy atom. The second-order valence-electron chi connectivity index (χ2n) is 8.17. The van der Waals surface area contributed by atoms with Gasteiger partial charge in [0.15, 0.2) is 0 Å². The SMILES string of the molecule is CC1(C)CCC(C)(C)c2cc(OC#Cc3ccc(C(=O)[O-])cc3)ccc21. The second-order valence-corrected chi connectivity index (χ2v) is 8.17. The van der Waals surface area contributed by atoms with Crippen molar-refractivity contribution in [3.8, 4) is 17.8 Å². The van der Waals surface area contributed by atoms with Crippen molar-refractivity contribution in [2.24, 2.45) is 0 Å². The van der Waals surface area contributed by atoms with Gasteiger partial charge in [0.25, 0.3) is 0 Å². The van der Waals surface area contributed by atoms with Gasteiger partial charge < -0.3 is 14.6 Å². The largest absolute Gasteiger partial charge is 0.545 e. The molecule has 2 aromatic carbocycles. The van der Waals surface area contributed by atoms with Crippen molar-refractivity contribution in [2.45, 2.75) is 51.4 Å². The lowest BCUT2D eigenvalue weighted by molar-refractivity contribution is -0.255. The number of benzene rings is 2. The fraction of sp³-hybridized carbons (Fsp3) is 0.348. The number of carboxylic acids is 1. The first-order valence-electron chi connectivity index (χ1n) is 8.83. The van der Waals surface area contributed by atoms with Gasteiger partial charge in [0.1, 0.15) is 11.9 Å². The lowest BCUT2D eigenvalue weighted by Gasteiger charge is -2.41. The van der Waals surface area contributed by atoms with E-state index in [-0.39, 0.29) is 16.4 Å². The number of aromatic carboxylic acids is 1. The van der Waals surface area contributed by atoms with Crippen molar-refractivity contribution < 1.29 is 14.6 Å². The van der Waals surface area contributed by atoms with E-state index < -0.39 is 5.97 Å². The molecular weight excluding hydrogens is 324 g/mol. The summed E-state index contributed by atoms with van der Waals surface area (Å²) in [6, 6.07) is 12.5. The Morgan fingerprint density at radius 3 is 2.19 bits per heavy atom. The molecule has 2 aromatic rings. The molecule has 0 spiro atoms. The minimum absolute atomic E-state index is 0.123. The topological polar surface area (TPSA) is 49.4 Å². The van der Waals surface area contributed by atoms with Crippen LogP contribution in [0.5, 0.6) is 5.75 Å². The molecule has 1 aliphatic rings. The van der Waals surface area contributed by atoms with Crippen LogP contribution in [0.2, 0.25) is 0 Å². The van der Waals surface area contributed by atoms with Gasteiger partial charge in [0, 0.05) is 5.56 Å². The van der Waals surface area contributed by atoms with E-state index in [9.17, 15) is 9.90 Å². The summed E-state index contributed by atoms with van der Waals surface area (Å²) in [5, 5.41) is 10.8. The summed E-state index contributed by atoms with van der Waals surface area (Å²) in [5.41, 5.74) is 3.83. The van der Waals surface area contributed by atoms with Crippen LogP contribution in [0.4, 0.5) is 0 Å². The molecule has 3 nitrogen and oxygen atoms in total. The highest BCUT2D eigenvalue weighted by Crippen LogP contribution is 2.46. The van der Waals surface area contributed by atoms with Crippen LogP contribution in [-0.4, -0.2) is 5.97 Å². The predicted octanol–water partition coefficient (Wildman–Crippen LogP) is 3.79. The molecule has 0 aliphatic heterocycles. The Morgan fingerprint density at radius 2 is 1.58 bits per heavy atom. The molecule has 0 aromatic heterocycles. The third kappa shape index (κ3) is 3.60. The first kappa shape index (κ1) is 18.1. The van der Waals surface area contributed by atoms with E-state index >= 15 is 0 Å². The molecule has 0 bridgehead atoms. The van der Waals surface area contributed by atoms with Crippen molar-refractivity contribution in [1.82, 2.24) is 0 Å². The molecule has 1 aliphatic carbocycles. The van der Waals surface area contributed by atoms with Gasteiger partial charge in [-0.3, -0.25) is 0 Å². The van der Waals surface area contributed by atoms with Gasteiger partial charge in [0.05, 0.1) is 5.97 Å². The Bertz CT molecular complexity index is 893. The first-order valence-corrected chi connectivity index (χ1v) is 8.83. The highest BCUT2D eigenvalue weighted by Gasteiger charge is 2.37. The average molecular weight is 347 g/mol. The van der Waals surface area contributed by atoms with Crippen LogP contribution in [0.25, 0.3) is 0 Å². The zero-order valence-electron chi connectivity index (χ0n) is 15.7. The standard InChI is InChI=1S/C23H24O3/c1-22(2)12-13-23(3,4)20-15-18(9-10-19(20)22)26-14-11-16-5-7-17(8-6-16)21(24)25/h5-10,15H,12-13H2,1-4H3,(H,24,25)/p-1. The molecule has 0 N–H and O–H groups in total. The monoisotopic (exact) mass is 347 g/mol. The molecule has 0 saturated heterocycles. The van der Waals surface area contributed by atoms with Gasteiger partial charge in [-0.05, 0) is 70.5 Å². The number of rotatable bonds is 2. The molecule has 3 heteroatoms. The van der Waals surface area contributed by atoms with Crippen molar-refractivity contribution in [3.63, 3.8) is 0 Å². The number of carboxylic acid groups (broad SMARTS) is 1. The number of hydrogen-bond donors (Lipinski definition) is 0. The van der Waals surface area contributed by atoms with Crippen molar-refractivity contribution in [1.29, 1.82) is 0 Å². The summed E-state index contributed by atoms with van der Waals surface area (Å²) in [7, 11) is 0. The maximum atomic E-state index is 10.8. The molecule has 134 valence electrons. The van der Waals surface area contributed by atoms with Crippen LogP contribution in [-0.2, 0) is 10.8 Å². The van der Waals surface area contributed by atoms with Gasteiger partial charge in [-0.2, -0.15) is 0 Å². The number of carbonyl (C=O) groups is 1. The maximum absolute atomic E-state index is 10.8. The maximum Gasteiger partial charge on any atom is 0.140 e. The van der Waals surface area contributed by atoms with E-state index in [1.54, 1.807) is 12.1 Å². The third-order valence-corrected chi connectivity index (χ3v) is 5.31. The number of ether oxygens (including phenoxy) is 1. The van der Waals surface area contributed by atoms with E-state index in [2.05, 4.69) is 51.9 Å². The van der Waals surface area contributed by atoms with Crippen LogP contribution in [0.1, 0.15) is 67.6 Å². The zero-order valence-corrected chi connectivity index (χ0v) is 15.7. The summed E-state index contributed by atoms with van der Waals surface area (Å²) in [6.45, 7) is 9.13. The highest BCUT2D eigenvalue weighted by molar-refractivity contribution is 5.85. The van der Waals surface area contributed by atoms with Crippen LogP contribution in [0, 0.1) is 12.0 Å².